The number of nitrogens with zero attached hydrogens (tertiary/aromatic N) is 2. The quantitative estimate of drug-likeness (QED) is 0.830. The third-order valence-electron chi connectivity index (χ3n) is 3.17. The molecule has 3 rings (SSSR count). The molecule has 116 valence electrons. The monoisotopic (exact) mass is 346 g/mol. The number of carbonyl (C=O) groups is 1. The molecule has 1 aliphatic heterocycles. The van der Waals surface area contributed by atoms with Gasteiger partial charge in [0.1, 0.15) is 0 Å². The molecule has 0 atom stereocenters. The summed E-state index contributed by atoms with van der Waals surface area (Å²) in [7, 11) is 0. The van der Waals surface area contributed by atoms with Crippen molar-refractivity contribution in [3.05, 3.63) is 70.9 Å². The molecule has 0 saturated carbocycles. The van der Waals surface area contributed by atoms with E-state index in [1.807, 2.05) is 30.3 Å². The molecule has 0 spiro atoms. The summed E-state index contributed by atoms with van der Waals surface area (Å²) in [5.74, 6) is -0.313. The zero-order valence-corrected chi connectivity index (χ0v) is 13.4. The first kappa shape index (κ1) is 15.4. The highest BCUT2D eigenvalue weighted by Crippen LogP contribution is 2.26. The van der Waals surface area contributed by atoms with Crippen LogP contribution in [0.3, 0.4) is 0 Å². The summed E-state index contributed by atoms with van der Waals surface area (Å²) in [6.07, 6.45) is 0. The van der Waals surface area contributed by atoms with E-state index in [2.05, 4.69) is 22.5 Å². The lowest BCUT2D eigenvalue weighted by molar-refractivity contribution is -0.112. The molecule has 23 heavy (non-hydrogen) atoms. The molecule has 1 amide bonds. The topological polar surface area (TPSA) is 56.7 Å². The molecule has 0 unspecified atom stereocenters. The Labute approximate surface area is 143 Å². The van der Waals surface area contributed by atoms with Crippen molar-refractivity contribution in [2.75, 3.05) is 10.4 Å². The second-order valence-electron chi connectivity index (χ2n) is 4.76. The van der Waals surface area contributed by atoms with Gasteiger partial charge in [0.15, 0.2) is 5.71 Å². The fourth-order valence-electron chi connectivity index (χ4n) is 2.05. The van der Waals surface area contributed by atoms with Crippen LogP contribution in [0.2, 0.25) is 10.0 Å². The number of para-hydroxylation sites is 1. The lowest BCUT2D eigenvalue weighted by Crippen LogP contribution is -2.34. The van der Waals surface area contributed by atoms with E-state index in [1.165, 1.54) is 5.01 Å². The van der Waals surface area contributed by atoms with Crippen LogP contribution in [0.4, 0.5) is 11.4 Å². The highest BCUT2D eigenvalue weighted by atomic mass is 35.5. The fraction of sp³-hybridized carbons (Fsp3) is 0. The molecule has 1 heterocycles. The summed E-state index contributed by atoms with van der Waals surface area (Å²) in [6.45, 7) is 3.81. The van der Waals surface area contributed by atoms with Gasteiger partial charge in [0, 0.05) is 5.02 Å². The van der Waals surface area contributed by atoms with Crippen molar-refractivity contribution in [1.29, 1.82) is 0 Å². The molecule has 2 N–H and O–H groups in total. The second-order valence-corrected chi connectivity index (χ2v) is 5.61. The van der Waals surface area contributed by atoms with E-state index in [0.29, 0.717) is 27.1 Å². The van der Waals surface area contributed by atoms with Crippen LogP contribution in [0.5, 0.6) is 0 Å². The Morgan fingerprint density at radius 1 is 1.13 bits per heavy atom. The van der Waals surface area contributed by atoms with Crippen LogP contribution >= 0.6 is 23.2 Å². The van der Waals surface area contributed by atoms with Crippen LogP contribution < -0.4 is 15.9 Å². The van der Waals surface area contributed by atoms with E-state index in [-0.39, 0.29) is 11.6 Å². The van der Waals surface area contributed by atoms with Gasteiger partial charge in [-0.05, 0) is 30.3 Å². The van der Waals surface area contributed by atoms with Gasteiger partial charge in [-0.2, -0.15) is 5.10 Å². The van der Waals surface area contributed by atoms with Gasteiger partial charge < -0.3 is 0 Å². The maximum absolute atomic E-state index is 12.5. The number of halogens is 2. The number of carbonyl (C=O) groups excluding carboxylic acids is 1. The van der Waals surface area contributed by atoms with E-state index in [0.717, 1.165) is 0 Å². The first-order valence-electron chi connectivity index (χ1n) is 6.70. The van der Waals surface area contributed by atoms with Crippen molar-refractivity contribution >= 4 is 46.2 Å². The van der Waals surface area contributed by atoms with Crippen molar-refractivity contribution in [2.45, 2.75) is 0 Å². The summed E-state index contributed by atoms with van der Waals surface area (Å²) in [4.78, 5) is 12.5. The summed E-state index contributed by atoms with van der Waals surface area (Å²) in [5, 5.41) is 6.44. The number of rotatable bonds is 3. The van der Waals surface area contributed by atoms with Gasteiger partial charge in [0.2, 0.25) is 0 Å². The van der Waals surface area contributed by atoms with E-state index < -0.39 is 0 Å². The number of amides is 1. The number of benzene rings is 2. The van der Waals surface area contributed by atoms with Crippen molar-refractivity contribution in [3.8, 4) is 0 Å². The van der Waals surface area contributed by atoms with E-state index in [4.69, 9.17) is 23.2 Å². The Bertz CT molecular complexity index is 805. The van der Waals surface area contributed by atoms with Gasteiger partial charge in [-0.15, -0.1) is 0 Å². The molecule has 0 radical (unpaired) electrons. The molecule has 0 aliphatic carbocycles. The number of hydrazone groups is 1. The standard InChI is InChI=1S/C16H12Cl2N4O/c1-10-15(20-19-14-9-11(17)7-8-13(14)18)16(23)22(21-10)12-5-3-2-4-6-12/h2-9,19,21H,1H2/b20-15+. The predicted molar refractivity (Wildman–Crippen MR) is 93.7 cm³/mol. The van der Waals surface area contributed by atoms with Gasteiger partial charge in [0.25, 0.3) is 5.91 Å². The average Bonchev–Trinajstić information content (AvgIpc) is 2.84. The molecule has 1 aliphatic rings. The smallest absolute Gasteiger partial charge is 0.289 e. The van der Waals surface area contributed by atoms with E-state index in [1.54, 1.807) is 18.2 Å². The van der Waals surface area contributed by atoms with Gasteiger partial charge in [0.05, 0.1) is 22.1 Å². The van der Waals surface area contributed by atoms with Crippen molar-refractivity contribution in [3.63, 3.8) is 0 Å². The Kier molecular flexibility index (Phi) is 4.23. The fourth-order valence-corrected chi connectivity index (χ4v) is 2.38. The van der Waals surface area contributed by atoms with Crippen molar-refractivity contribution in [1.82, 2.24) is 5.43 Å². The lowest BCUT2D eigenvalue weighted by atomic mass is 10.3. The largest absolute Gasteiger partial charge is 0.299 e. The minimum Gasteiger partial charge on any atom is -0.289 e. The number of hydrazine groups is 1. The Morgan fingerprint density at radius 2 is 1.87 bits per heavy atom. The minimum atomic E-state index is -0.313. The maximum Gasteiger partial charge on any atom is 0.299 e. The third-order valence-corrected chi connectivity index (χ3v) is 3.73. The Balaban J connectivity index is 1.84. The molecule has 7 heteroatoms. The molecule has 2 aromatic rings. The number of nitrogens with one attached hydrogen (secondary N) is 2. The molecule has 1 fully saturated rings. The average molecular weight is 347 g/mol. The number of hydrogen-bond donors (Lipinski definition) is 2. The lowest BCUT2D eigenvalue weighted by Gasteiger charge is -2.14. The predicted octanol–water partition coefficient (Wildman–Crippen LogP) is 3.83. The Hall–Kier alpha value is -2.50. The van der Waals surface area contributed by atoms with Gasteiger partial charge >= 0.3 is 0 Å². The van der Waals surface area contributed by atoms with Gasteiger partial charge in [-0.3, -0.25) is 15.6 Å². The summed E-state index contributed by atoms with van der Waals surface area (Å²) in [6, 6.07) is 14.1. The second kappa shape index (κ2) is 6.32. The van der Waals surface area contributed by atoms with Crippen LogP contribution in [0.1, 0.15) is 0 Å². The molecule has 5 nitrogen and oxygen atoms in total. The van der Waals surface area contributed by atoms with Crippen LogP contribution in [0, 0.1) is 0 Å². The zero-order chi connectivity index (χ0) is 16.4. The highest BCUT2D eigenvalue weighted by Gasteiger charge is 2.32. The molecular formula is C16H12Cl2N4O. The van der Waals surface area contributed by atoms with E-state index in [9.17, 15) is 4.79 Å². The highest BCUT2D eigenvalue weighted by molar-refractivity contribution is 6.51. The van der Waals surface area contributed by atoms with Gasteiger partial charge in [-0.1, -0.05) is 48.0 Å². The molecular weight excluding hydrogens is 335 g/mol. The maximum atomic E-state index is 12.5. The van der Waals surface area contributed by atoms with Gasteiger partial charge in [-0.25, -0.2) is 5.01 Å². The minimum absolute atomic E-state index is 0.171. The van der Waals surface area contributed by atoms with Crippen LogP contribution in [-0.4, -0.2) is 11.6 Å². The summed E-state index contributed by atoms with van der Waals surface area (Å²) < 4.78 is 0. The Morgan fingerprint density at radius 3 is 2.61 bits per heavy atom. The van der Waals surface area contributed by atoms with Crippen molar-refractivity contribution in [2.24, 2.45) is 5.10 Å². The summed E-state index contributed by atoms with van der Waals surface area (Å²) >= 11 is 12.0. The first-order valence-corrected chi connectivity index (χ1v) is 7.46. The van der Waals surface area contributed by atoms with Crippen LogP contribution in [0.15, 0.2) is 65.9 Å². The van der Waals surface area contributed by atoms with Crippen LogP contribution in [0.25, 0.3) is 0 Å². The molecule has 2 aromatic carbocycles. The van der Waals surface area contributed by atoms with E-state index >= 15 is 0 Å². The third kappa shape index (κ3) is 3.16. The molecule has 0 bridgehead atoms. The zero-order valence-electron chi connectivity index (χ0n) is 11.9. The SMILES string of the molecule is C=C1NN(c2ccccc2)C(=O)/C1=N/Nc1cc(Cl)ccc1Cl. The normalized spacial score (nSPS) is 15.9. The van der Waals surface area contributed by atoms with Crippen LogP contribution in [-0.2, 0) is 4.79 Å². The molecule has 0 aromatic heterocycles. The molecule has 1 saturated heterocycles. The number of hydrogen-bond acceptors (Lipinski definition) is 4. The first-order chi connectivity index (χ1) is 11.1. The van der Waals surface area contributed by atoms with Crippen molar-refractivity contribution < 1.29 is 4.79 Å². The summed E-state index contributed by atoms with van der Waals surface area (Å²) in [5.41, 5.74) is 7.41. The number of anilines is 2.